The van der Waals surface area contributed by atoms with Gasteiger partial charge in [0.05, 0.1) is 6.61 Å². The first kappa shape index (κ1) is 17.0. The van der Waals surface area contributed by atoms with Crippen molar-refractivity contribution in [2.75, 3.05) is 33.9 Å². The first-order valence-electron chi connectivity index (χ1n) is 6.63. The topological polar surface area (TPSA) is 71.5 Å². The first-order valence-corrected chi connectivity index (χ1v) is 8.07. The predicted octanol–water partition coefficient (Wildman–Crippen LogP) is 0.848. The third-order valence-corrected chi connectivity index (χ3v) is 4.61. The van der Waals surface area contributed by atoms with Gasteiger partial charge in [-0.3, -0.25) is 0 Å². The Morgan fingerprint density at radius 3 is 2.70 bits per heavy atom. The number of methoxy groups -OCH3 is 1. The number of rotatable bonds is 9. The van der Waals surface area contributed by atoms with Crippen LogP contribution in [0.2, 0.25) is 0 Å². The van der Waals surface area contributed by atoms with E-state index in [1.54, 1.807) is 18.3 Å². The van der Waals surface area contributed by atoms with Crippen LogP contribution in [-0.4, -0.2) is 51.6 Å². The molecule has 0 radical (unpaired) electrons. The van der Waals surface area contributed by atoms with Crippen LogP contribution in [0.15, 0.2) is 23.4 Å². The maximum Gasteiger partial charge on any atom is 0.260 e. The summed E-state index contributed by atoms with van der Waals surface area (Å²) in [5, 5.41) is 3.31. The molecule has 1 N–H and O–H groups in total. The third kappa shape index (κ3) is 4.82. The maximum atomic E-state index is 12.2. The number of aromatic nitrogens is 1. The monoisotopic (exact) mass is 301 g/mol. The molecule has 1 rings (SSSR count). The van der Waals surface area contributed by atoms with Crippen LogP contribution in [0.3, 0.4) is 0 Å². The van der Waals surface area contributed by atoms with Gasteiger partial charge in [0.1, 0.15) is 0 Å². The van der Waals surface area contributed by atoms with Crippen LogP contribution >= 0.6 is 0 Å². The average Bonchev–Trinajstić information content (AvgIpc) is 2.45. The lowest BCUT2D eigenvalue weighted by Gasteiger charge is -2.16. The fourth-order valence-electron chi connectivity index (χ4n) is 1.58. The van der Waals surface area contributed by atoms with Crippen molar-refractivity contribution in [1.29, 1.82) is 0 Å². The Morgan fingerprint density at radius 1 is 1.40 bits per heavy atom. The zero-order chi connectivity index (χ0) is 15.0. The molecule has 114 valence electrons. The Kier molecular flexibility index (Phi) is 7.08. The summed E-state index contributed by atoms with van der Waals surface area (Å²) in [5.74, 6) is 0. The third-order valence-electron chi connectivity index (χ3n) is 2.84. The molecule has 1 aromatic heterocycles. The zero-order valence-electron chi connectivity index (χ0n) is 12.3. The number of hydrogen-bond acceptors (Lipinski definition) is 5. The van der Waals surface area contributed by atoms with E-state index in [1.807, 2.05) is 0 Å². The molecule has 7 heteroatoms. The van der Waals surface area contributed by atoms with Crippen molar-refractivity contribution in [3.63, 3.8) is 0 Å². The molecule has 1 aromatic rings. The number of sulfonamides is 1. The van der Waals surface area contributed by atoms with E-state index in [2.05, 4.69) is 17.2 Å². The Hall–Kier alpha value is -1.02. The highest BCUT2D eigenvalue weighted by molar-refractivity contribution is 7.89. The number of nitrogens with one attached hydrogen (secondary N) is 1. The molecule has 0 aliphatic heterocycles. The van der Waals surface area contributed by atoms with Gasteiger partial charge in [-0.2, -0.15) is 4.31 Å². The highest BCUT2D eigenvalue weighted by Crippen LogP contribution is 2.11. The van der Waals surface area contributed by atoms with Gasteiger partial charge in [0.25, 0.3) is 10.0 Å². The van der Waals surface area contributed by atoms with Gasteiger partial charge in [0.15, 0.2) is 5.03 Å². The molecule has 0 bridgehead atoms. The van der Waals surface area contributed by atoms with Gasteiger partial charge in [0, 0.05) is 33.4 Å². The molecule has 1 heterocycles. The van der Waals surface area contributed by atoms with Crippen molar-refractivity contribution >= 4 is 10.0 Å². The molecule has 0 aliphatic rings. The molecular formula is C13H23N3O3S. The summed E-state index contributed by atoms with van der Waals surface area (Å²) in [5.41, 5.74) is 0.969. The molecule has 0 saturated carbocycles. The number of pyridine rings is 1. The van der Waals surface area contributed by atoms with E-state index < -0.39 is 10.0 Å². The van der Waals surface area contributed by atoms with E-state index in [9.17, 15) is 8.42 Å². The van der Waals surface area contributed by atoms with Crippen LogP contribution in [0.4, 0.5) is 0 Å². The molecule has 0 spiro atoms. The average molecular weight is 301 g/mol. The molecule has 0 aliphatic carbocycles. The molecule has 6 nitrogen and oxygen atoms in total. The number of hydrogen-bond donors (Lipinski definition) is 1. The molecular weight excluding hydrogens is 278 g/mol. The lowest BCUT2D eigenvalue weighted by molar-refractivity contribution is 0.185. The summed E-state index contributed by atoms with van der Waals surface area (Å²) in [4.78, 5) is 4.05. The van der Waals surface area contributed by atoms with Gasteiger partial charge in [-0.05, 0) is 24.6 Å². The van der Waals surface area contributed by atoms with Crippen molar-refractivity contribution in [2.24, 2.45) is 0 Å². The lowest BCUT2D eigenvalue weighted by atomic mass is 10.3. The van der Waals surface area contributed by atoms with Crippen molar-refractivity contribution in [1.82, 2.24) is 14.6 Å². The lowest BCUT2D eigenvalue weighted by Crippen LogP contribution is -2.30. The minimum Gasteiger partial charge on any atom is -0.383 e. The van der Waals surface area contributed by atoms with Crippen molar-refractivity contribution in [2.45, 2.75) is 24.9 Å². The smallest absolute Gasteiger partial charge is 0.260 e. The molecule has 0 amide bonds. The maximum absolute atomic E-state index is 12.2. The summed E-state index contributed by atoms with van der Waals surface area (Å²) >= 11 is 0. The quantitative estimate of drug-likeness (QED) is 0.685. The van der Waals surface area contributed by atoms with Crippen molar-refractivity contribution < 1.29 is 13.2 Å². The van der Waals surface area contributed by atoms with Crippen molar-refractivity contribution in [3.05, 3.63) is 23.9 Å². The second-order valence-electron chi connectivity index (χ2n) is 4.50. The summed E-state index contributed by atoms with van der Waals surface area (Å²) in [6.45, 7) is 4.38. The molecule has 0 aromatic carbocycles. The largest absolute Gasteiger partial charge is 0.383 e. The summed E-state index contributed by atoms with van der Waals surface area (Å²) in [7, 11) is -0.472. The van der Waals surface area contributed by atoms with Crippen LogP contribution in [0.1, 0.15) is 18.9 Å². The zero-order valence-corrected chi connectivity index (χ0v) is 13.1. The predicted molar refractivity (Wildman–Crippen MR) is 77.9 cm³/mol. The normalized spacial score (nSPS) is 12.0. The van der Waals surface area contributed by atoms with Gasteiger partial charge in [-0.15, -0.1) is 0 Å². The highest BCUT2D eigenvalue weighted by atomic mass is 32.2. The summed E-state index contributed by atoms with van der Waals surface area (Å²) < 4.78 is 30.5. The van der Waals surface area contributed by atoms with Crippen LogP contribution < -0.4 is 5.32 Å². The van der Waals surface area contributed by atoms with Gasteiger partial charge < -0.3 is 10.1 Å². The van der Waals surface area contributed by atoms with Gasteiger partial charge in [-0.1, -0.05) is 13.0 Å². The Balaban J connectivity index is 2.71. The molecule has 0 unspecified atom stereocenters. The molecule has 0 atom stereocenters. The van der Waals surface area contributed by atoms with E-state index in [4.69, 9.17) is 4.74 Å². The number of ether oxygens (including phenoxy) is 1. The molecule has 0 fully saturated rings. The van der Waals surface area contributed by atoms with Crippen LogP contribution in [0, 0.1) is 0 Å². The first-order chi connectivity index (χ1) is 9.52. The minimum atomic E-state index is -3.53. The van der Waals surface area contributed by atoms with E-state index in [1.165, 1.54) is 18.5 Å². The Morgan fingerprint density at radius 2 is 2.15 bits per heavy atom. The minimum absolute atomic E-state index is 0.0651. The van der Waals surface area contributed by atoms with Gasteiger partial charge in [-0.25, -0.2) is 13.4 Å². The second kappa shape index (κ2) is 8.31. The number of nitrogens with zero attached hydrogens (tertiary/aromatic N) is 2. The fraction of sp³-hybridized carbons (Fsp3) is 0.615. The fourth-order valence-corrected chi connectivity index (χ4v) is 2.64. The van der Waals surface area contributed by atoms with Crippen LogP contribution in [0.5, 0.6) is 0 Å². The van der Waals surface area contributed by atoms with Crippen LogP contribution in [-0.2, 0) is 21.3 Å². The van der Waals surface area contributed by atoms with Crippen molar-refractivity contribution in [3.8, 4) is 0 Å². The number of likely N-dealkylation sites (N-methyl/N-ethyl adjacent to an activating group) is 1. The SMILES string of the molecule is CCCNCc1ccc(S(=O)(=O)N(C)CCOC)nc1. The molecule has 0 saturated heterocycles. The summed E-state index contributed by atoms with van der Waals surface area (Å²) in [6, 6.07) is 3.33. The van der Waals surface area contributed by atoms with Gasteiger partial charge in [0.2, 0.25) is 0 Å². The van der Waals surface area contributed by atoms with E-state index >= 15 is 0 Å². The second-order valence-corrected chi connectivity index (χ2v) is 6.49. The van der Waals surface area contributed by atoms with Crippen LogP contribution in [0.25, 0.3) is 0 Å². The highest BCUT2D eigenvalue weighted by Gasteiger charge is 2.21. The van der Waals surface area contributed by atoms with E-state index in [0.29, 0.717) is 19.7 Å². The Bertz CT molecular complexity index is 488. The standard InChI is InChI=1S/C13H23N3O3S/c1-4-7-14-10-12-5-6-13(15-11-12)20(17,18)16(2)8-9-19-3/h5-6,11,14H,4,7-10H2,1-3H3. The van der Waals surface area contributed by atoms with Gasteiger partial charge >= 0.3 is 0 Å². The molecule has 20 heavy (non-hydrogen) atoms. The van der Waals surface area contributed by atoms with E-state index in [0.717, 1.165) is 18.5 Å². The Labute approximate surface area is 121 Å². The summed E-state index contributed by atoms with van der Waals surface area (Å²) in [6.07, 6.45) is 2.66. The van der Waals surface area contributed by atoms with E-state index in [-0.39, 0.29) is 5.03 Å².